The summed E-state index contributed by atoms with van der Waals surface area (Å²) in [5.41, 5.74) is 2.39. The molecule has 0 amide bonds. The molecule has 1 aromatic carbocycles. The maximum atomic E-state index is 10.6. The molecule has 2 atom stereocenters. The van der Waals surface area contributed by atoms with E-state index in [1.807, 2.05) is 18.2 Å². The van der Waals surface area contributed by atoms with E-state index >= 15 is 0 Å². The molecule has 0 aliphatic carbocycles. The number of hydrogen-bond acceptors (Lipinski definition) is 3. The fourth-order valence-corrected chi connectivity index (χ4v) is 1.81. The van der Waals surface area contributed by atoms with Crippen molar-refractivity contribution < 1.29 is 14.6 Å². The first-order chi connectivity index (χ1) is 7.66. The van der Waals surface area contributed by atoms with Crippen molar-refractivity contribution in [3.8, 4) is 0 Å². The predicted octanol–water partition coefficient (Wildman–Crippen LogP) is 1.51. The van der Waals surface area contributed by atoms with Crippen molar-refractivity contribution in [3.63, 3.8) is 0 Å². The van der Waals surface area contributed by atoms with Gasteiger partial charge in [0, 0.05) is 5.69 Å². The maximum absolute atomic E-state index is 10.6. The fraction of sp³-hybridized carbons (Fsp3) is 0.417. The zero-order valence-corrected chi connectivity index (χ0v) is 9.14. The van der Waals surface area contributed by atoms with Crippen LogP contribution >= 0.6 is 0 Å². The average Bonchev–Trinajstić information content (AvgIpc) is 2.68. The van der Waals surface area contributed by atoms with Gasteiger partial charge in [0.1, 0.15) is 0 Å². The van der Waals surface area contributed by atoms with Crippen LogP contribution in [0, 0.1) is 0 Å². The molecular formula is C12H15NO3. The molecule has 2 N–H and O–H groups in total. The molecule has 2 unspecified atom stereocenters. The Labute approximate surface area is 94.2 Å². The normalized spacial score (nSPS) is 19.9. The van der Waals surface area contributed by atoms with Crippen LogP contribution in [0.1, 0.15) is 12.5 Å². The van der Waals surface area contributed by atoms with E-state index in [1.54, 1.807) is 6.92 Å². The van der Waals surface area contributed by atoms with Gasteiger partial charge in [0.15, 0.2) is 6.10 Å². The topological polar surface area (TPSA) is 58.6 Å². The monoisotopic (exact) mass is 221 g/mol. The summed E-state index contributed by atoms with van der Waals surface area (Å²) >= 11 is 0. The van der Waals surface area contributed by atoms with Crippen LogP contribution in [0.5, 0.6) is 0 Å². The molecular weight excluding hydrogens is 206 g/mol. The van der Waals surface area contributed by atoms with Gasteiger partial charge in [-0.1, -0.05) is 18.2 Å². The van der Waals surface area contributed by atoms with Crippen LogP contribution in [-0.2, 0) is 16.0 Å². The van der Waals surface area contributed by atoms with Gasteiger partial charge in [0.25, 0.3) is 0 Å². The molecule has 16 heavy (non-hydrogen) atoms. The smallest absolute Gasteiger partial charge is 0.332 e. The van der Waals surface area contributed by atoms with E-state index < -0.39 is 12.1 Å². The van der Waals surface area contributed by atoms with Crippen LogP contribution in [0.15, 0.2) is 24.3 Å². The second-order valence-electron chi connectivity index (χ2n) is 4.02. The van der Waals surface area contributed by atoms with Crippen LogP contribution in [0.4, 0.5) is 5.69 Å². The Kier molecular flexibility index (Phi) is 3.10. The highest BCUT2D eigenvalue weighted by molar-refractivity contribution is 5.71. The number of anilines is 1. The molecule has 0 saturated heterocycles. The molecule has 0 saturated carbocycles. The van der Waals surface area contributed by atoms with Gasteiger partial charge in [-0.05, 0) is 25.0 Å². The maximum Gasteiger partial charge on any atom is 0.332 e. The molecule has 0 radical (unpaired) electrons. The quantitative estimate of drug-likeness (QED) is 0.809. The number of ether oxygens (including phenoxy) is 1. The van der Waals surface area contributed by atoms with Crippen molar-refractivity contribution in [1.82, 2.24) is 0 Å². The van der Waals surface area contributed by atoms with Crippen molar-refractivity contribution in [1.29, 1.82) is 0 Å². The summed E-state index contributed by atoms with van der Waals surface area (Å²) in [5, 5.41) is 12.0. The zero-order chi connectivity index (χ0) is 11.5. The van der Waals surface area contributed by atoms with Gasteiger partial charge < -0.3 is 15.2 Å². The van der Waals surface area contributed by atoms with Gasteiger partial charge in [-0.25, -0.2) is 4.79 Å². The summed E-state index contributed by atoms with van der Waals surface area (Å²) in [4.78, 5) is 10.6. The standard InChI is InChI=1S/C12H15NO3/c1-8(12(14)15)16-7-10-6-9-4-2-3-5-11(9)13-10/h2-5,8,10,13H,6-7H2,1H3,(H,14,15). The van der Waals surface area contributed by atoms with E-state index in [9.17, 15) is 4.79 Å². The lowest BCUT2D eigenvalue weighted by Gasteiger charge is -2.14. The van der Waals surface area contributed by atoms with Crippen molar-refractivity contribution in [3.05, 3.63) is 29.8 Å². The van der Waals surface area contributed by atoms with Gasteiger partial charge in [0.05, 0.1) is 12.6 Å². The van der Waals surface area contributed by atoms with E-state index in [1.165, 1.54) is 5.56 Å². The fourth-order valence-electron chi connectivity index (χ4n) is 1.81. The first kappa shape index (κ1) is 11.0. The van der Waals surface area contributed by atoms with Gasteiger partial charge in [-0.3, -0.25) is 0 Å². The van der Waals surface area contributed by atoms with Crippen molar-refractivity contribution in [2.24, 2.45) is 0 Å². The van der Waals surface area contributed by atoms with Gasteiger partial charge in [0.2, 0.25) is 0 Å². The Balaban J connectivity index is 1.86. The van der Waals surface area contributed by atoms with Crippen molar-refractivity contribution in [2.75, 3.05) is 11.9 Å². The summed E-state index contributed by atoms with van der Waals surface area (Å²) < 4.78 is 5.26. The second-order valence-corrected chi connectivity index (χ2v) is 4.02. The van der Waals surface area contributed by atoms with Crippen LogP contribution in [-0.4, -0.2) is 29.8 Å². The molecule has 1 aliphatic heterocycles. The van der Waals surface area contributed by atoms with E-state index in [2.05, 4.69) is 11.4 Å². The molecule has 1 heterocycles. The number of carbonyl (C=O) groups is 1. The third-order valence-corrected chi connectivity index (χ3v) is 2.74. The number of fused-ring (bicyclic) bond motifs is 1. The highest BCUT2D eigenvalue weighted by Gasteiger charge is 2.21. The Bertz CT molecular complexity index is 367. The molecule has 4 nitrogen and oxygen atoms in total. The average molecular weight is 221 g/mol. The van der Waals surface area contributed by atoms with E-state index in [0.29, 0.717) is 6.61 Å². The van der Waals surface area contributed by atoms with Crippen LogP contribution < -0.4 is 5.32 Å². The molecule has 1 aromatic rings. The first-order valence-corrected chi connectivity index (χ1v) is 5.35. The molecule has 2 rings (SSSR count). The highest BCUT2D eigenvalue weighted by atomic mass is 16.5. The number of hydrogen-bond donors (Lipinski definition) is 2. The second kappa shape index (κ2) is 4.53. The largest absolute Gasteiger partial charge is 0.479 e. The van der Waals surface area contributed by atoms with E-state index in [-0.39, 0.29) is 6.04 Å². The molecule has 4 heteroatoms. The minimum Gasteiger partial charge on any atom is -0.479 e. The number of carboxylic acid groups (broad SMARTS) is 1. The Morgan fingerprint density at radius 1 is 1.62 bits per heavy atom. The molecule has 86 valence electrons. The van der Waals surface area contributed by atoms with Gasteiger partial charge >= 0.3 is 5.97 Å². The Hall–Kier alpha value is -1.55. The minimum absolute atomic E-state index is 0.180. The number of carboxylic acids is 1. The lowest BCUT2D eigenvalue weighted by Crippen LogP contribution is -2.28. The SMILES string of the molecule is CC(OCC1Cc2ccccc2N1)C(=O)O. The Morgan fingerprint density at radius 3 is 3.06 bits per heavy atom. The third-order valence-electron chi connectivity index (χ3n) is 2.74. The highest BCUT2D eigenvalue weighted by Crippen LogP contribution is 2.25. The summed E-state index contributed by atoms with van der Waals surface area (Å²) in [6.45, 7) is 1.96. The Morgan fingerprint density at radius 2 is 2.38 bits per heavy atom. The minimum atomic E-state index is -0.921. The molecule has 0 fully saturated rings. The lowest BCUT2D eigenvalue weighted by atomic mass is 10.1. The van der Waals surface area contributed by atoms with Crippen LogP contribution in [0.3, 0.4) is 0 Å². The van der Waals surface area contributed by atoms with Crippen molar-refractivity contribution >= 4 is 11.7 Å². The molecule has 1 aliphatic rings. The van der Waals surface area contributed by atoms with Crippen molar-refractivity contribution in [2.45, 2.75) is 25.5 Å². The van der Waals surface area contributed by atoms with E-state index in [0.717, 1.165) is 12.1 Å². The molecule has 0 aromatic heterocycles. The zero-order valence-electron chi connectivity index (χ0n) is 9.14. The van der Waals surface area contributed by atoms with Gasteiger partial charge in [-0.15, -0.1) is 0 Å². The van der Waals surface area contributed by atoms with Crippen LogP contribution in [0.2, 0.25) is 0 Å². The predicted molar refractivity (Wildman–Crippen MR) is 60.6 cm³/mol. The van der Waals surface area contributed by atoms with Gasteiger partial charge in [-0.2, -0.15) is 0 Å². The van der Waals surface area contributed by atoms with E-state index in [4.69, 9.17) is 9.84 Å². The number of nitrogens with one attached hydrogen (secondary N) is 1. The third kappa shape index (κ3) is 2.33. The molecule has 0 spiro atoms. The number of benzene rings is 1. The summed E-state index contributed by atoms with van der Waals surface area (Å²) in [5.74, 6) is -0.921. The first-order valence-electron chi connectivity index (χ1n) is 5.35. The summed E-state index contributed by atoms with van der Waals surface area (Å²) in [6.07, 6.45) is 0.146. The summed E-state index contributed by atoms with van der Waals surface area (Å²) in [6, 6.07) is 8.26. The molecule has 0 bridgehead atoms. The van der Waals surface area contributed by atoms with Crippen LogP contribution in [0.25, 0.3) is 0 Å². The lowest BCUT2D eigenvalue weighted by molar-refractivity contribution is -0.149. The number of para-hydroxylation sites is 1. The number of aliphatic carboxylic acids is 1. The number of rotatable bonds is 4. The summed E-state index contributed by atoms with van der Waals surface area (Å²) in [7, 11) is 0.